The molecular formula is C28H44Si4. The molecule has 1 saturated carbocycles. The molecule has 0 aliphatic heterocycles. The second-order valence-corrected chi connectivity index (χ2v) is 32.0. The average molecular weight is 493 g/mol. The van der Waals surface area contributed by atoms with E-state index in [-0.39, 0.29) is 0 Å². The second kappa shape index (κ2) is 11.1. The highest BCUT2D eigenvalue weighted by molar-refractivity contribution is 6.85. The molecule has 0 N–H and O–H groups in total. The molecule has 32 heavy (non-hydrogen) atoms. The Balaban J connectivity index is 3.40. The Labute approximate surface area is 204 Å². The molecule has 0 aromatic heterocycles. The minimum atomic E-state index is -1.44. The monoisotopic (exact) mass is 492 g/mol. The number of hydrogen-bond donors (Lipinski definition) is 0. The van der Waals surface area contributed by atoms with Crippen molar-refractivity contribution in [3.63, 3.8) is 0 Å². The van der Waals surface area contributed by atoms with Crippen LogP contribution in [0.15, 0.2) is 22.3 Å². The molecule has 0 aromatic rings. The van der Waals surface area contributed by atoms with Crippen LogP contribution in [0.25, 0.3) is 0 Å². The molecule has 1 rings (SSSR count). The molecule has 172 valence electrons. The van der Waals surface area contributed by atoms with Crippen molar-refractivity contribution in [2.45, 2.75) is 104 Å². The lowest BCUT2D eigenvalue weighted by atomic mass is 9.85. The van der Waals surface area contributed by atoms with Gasteiger partial charge in [-0.3, -0.25) is 0 Å². The maximum absolute atomic E-state index is 3.56. The van der Waals surface area contributed by atoms with Gasteiger partial charge in [0.2, 0.25) is 0 Å². The van der Waals surface area contributed by atoms with E-state index in [0.717, 1.165) is 36.8 Å². The van der Waals surface area contributed by atoms with Gasteiger partial charge in [0, 0.05) is 0 Å². The number of allylic oxidation sites excluding steroid dienone is 4. The molecule has 4 heteroatoms. The summed E-state index contributed by atoms with van der Waals surface area (Å²) in [5.41, 5.74) is 19.3. The van der Waals surface area contributed by atoms with E-state index in [0.29, 0.717) is 0 Å². The first-order valence-corrected chi connectivity index (χ1v) is 25.9. The summed E-state index contributed by atoms with van der Waals surface area (Å²) in [4.78, 5) is 0. The fourth-order valence-corrected chi connectivity index (χ4v) is 4.77. The van der Waals surface area contributed by atoms with E-state index in [2.05, 4.69) is 124 Å². The van der Waals surface area contributed by atoms with Crippen LogP contribution in [0.2, 0.25) is 78.6 Å². The highest BCUT2D eigenvalue weighted by atomic mass is 28.3. The van der Waals surface area contributed by atoms with Crippen molar-refractivity contribution in [1.29, 1.82) is 0 Å². The van der Waals surface area contributed by atoms with Gasteiger partial charge < -0.3 is 0 Å². The highest BCUT2D eigenvalue weighted by Crippen LogP contribution is 2.31. The van der Waals surface area contributed by atoms with Crippen LogP contribution in [-0.4, -0.2) is 32.3 Å². The lowest BCUT2D eigenvalue weighted by Crippen LogP contribution is -2.18. The molecule has 0 spiro atoms. The lowest BCUT2D eigenvalue weighted by molar-refractivity contribution is 0.722. The van der Waals surface area contributed by atoms with Crippen molar-refractivity contribution >= 4 is 32.3 Å². The van der Waals surface area contributed by atoms with Gasteiger partial charge in [-0.25, -0.2) is 0 Å². The van der Waals surface area contributed by atoms with Crippen molar-refractivity contribution in [1.82, 2.24) is 0 Å². The van der Waals surface area contributed by atoms with Crippen molar-refractivity contribution < 1.29 is 0 Å². The Hall–Kier alpha value is -1.41. The predicted octanol–water partition coefficient (Wildman–Crippen LogP) is 7.68. The van der Waals surface area contributed by atoms with E-state index in [1.165, 1.54) is 11.1 Å². The van der Waals surface area contributed by atoms with Gasteiger partial charge in [0.15, 0.2) is 0 Å². The molecule has 0 bridgehead atoms. The Morgan fingerprint density at radius 2 is 0.594 bits per heavy atom. The van der Waals surface area contributed by atoms with Gasteiger partial charge in [-0.15, -0.1) is 22.2 Å². The minimum absolute atomic E-state index is 1.04. The summed E-state index contributed by atoms with van der Waals surface area (Å²) in [5.74, 6) is 14.1. The molecular weight excluding hydrogens is 449 g/mol. The summed E-state index contributed by atoms with van der Waals surface area (Å²) in [6.07, 6.45) is 4.16. The molecule has 1 aliphatic carbocycles. The first kappa shape index (κ1) is 28.6. The van der Waals surface area contributed by atoms with Crippen molar-refractivity contribution in [2.75, 3.05) is 0 Å². The molecule has 1 fully saturated rings. The molecule has 0 unspecified atom stereocenters. The Morgan fingerprint density at radius 3 is 0.750 bits per heavy atom. The maximum atomic E-state index is 3.56. The van der Waals surface area contributed by atoms with Crippen LogP contribution in [0, 0.1) is 45.9 Å². The zero-order valence-electron chi connectivity index (χ0n) is 22.8. The Morgan fingerprint density at radius 1 is 0.406 bits per heavy atom. The van der Waals surface area contributed by atoms with Crippen LogP contribution in [0.4, 0.5) is 0 Å². The van der Waals surface area contributed by atoms with Gasteiger partial charge in [-0.05, 0) is 36.8 Å². The standard InChI is InChI=1S/C28H44Si4/c1-29(2,3)21-17-27(18-22-30(4,5)6)25-13-15-26(16-14-25)28(19-23-31(7,8)9)20-24-32(10,11)12/h13-16H2,1-12H3. The van der Waals surface area contributed by atoms with Gasteiger partial charge in [0.1, 0.15) is 32.3 Å². The van der Waals surface area contributed by atoms with Crippen LogP contribution < -0.4 is 0 Å². The largest absolute Gasteiger partial charge is 0.129 e. The SMILES string of the molecule is C[Si](C)(C)C#CC(C#C[Si](C)(C)C)=C1CCC(=C(C#C[Si](C)(C)C)C#C[Si](C)(C)C)CC1. The summed E-state index contributed by atoms with van der Waals surface area (Å²) < 4.78 is 0. The summed E-state index contributed by atoms with van der Waals surface area (Å²) in [6, 6.07) is 0. The summed E-state index contributed by atoms with van der Waals surface area (Å²) in [7, 11) is -5.75. The van der Waals surface area contributed by atoms with Crippen LogP contribution in [0.3, 0.4) is 0 Å². The summed E-state index contributed by atoms with van der Waals surface area (Å²) in [5, 5.41) is 0. The predicted molar refractivity (Wildman–Crippen MR) is 157 cm³/mol. The van der Waals surface area contributed by atoms with Crippen LogP contribution in [-0.2, 0) is 0 Å². The maximum Gasteiger partial charge on any atom is 0.129 e. The van der Waals surface area contributed by atoms with Crippen LogP contribution in [0.5, 0.6) is 0 Å². The Kier molecular flexibility index (Phi) is 9.96. The first-order chi connectivity index (χ1) is 14.3. The van der Waals surface area contributed by atoms with E-state index >= 15 is 0 Å². The number of hydrogen-bond acceptors (Lipinski definition) is 0. The van der Waals surface area contributed by atoms with Gasteiger partial charge in [-0.2, -0.15) is 0 Å². The smallest absolute Gasteiger partial charge is 0.126 e. The first-order valence-electron chi connectivity index (χ1n) is 11.9. The third-order valence-corrected chi connectivity index (χ3v) is 7.91. The van der Waals surface area contributed by atoms with E-state index in [4.69, 9.17) is 0 Å². The molecule has 0 radical (unpaired) electrons. The van der Waals surface area contributed by atoms with E-state index in [1.807, 2.05) is 0 Å². The third-order valence-electron chi connectivity index (χ3n) is 4.41. The second-order valence-electron chi connectivity index (χ2n) is 13.0. The molecule has 0 amide bonds. The quantitative estimate of drug-likeness (QED) is 0.240. The van der Waals surface area contributed by atoms with Crippen molar-refractivity contribution in [3.8, 4) is 45.9 Å². The molecule has 0 atom stereocenters. The van der Waals surface area contributed by atoms with Gasteiger partial charge >= 0.3 is 0 Å². The molecule has 0 heterocycles. The van der Waals surface area contributed by atoms with Crippen LogP contribution in [0.1, 0.15) is 25.7 Å². The fourth-order valence-electron chi connectivity index (χ4n) is 2.77. The average Bonchev–Trinajstić information content (AvgIpc) is 2.58. The topological polar surface area (TPSA) is 0 Å². The van der Waals surface area contributed by atoms with Gasteiger partial charge in [-0.1, -0.05) is 102 Å². The molecule has 0 saturated heterocycles. The molecule has 1 aliphatic rings. The van der Waals surface area contributed by atoms with Crippen LogP contribution >= 0.6 is 0 Å². The normalized spacial score (nSPS) is 14.5. The third kappa shape index (κ3) is 13.2. The molecule has 0 nitrogen and oxygen atoms in total. The zero-order valence-corrected chi connectivity index (χ0v) is 26.8. The van der Waals surface area contributed by atoms with Gasteiger partial charge in [0.05, 0.1) is 11.1 Å². The van der Waals surface area contributed by atoms with E-state index < -0.39 is 32.3 Å². The summed E-state index contributed by atoms with van der Waals surface area (Å²) in [6.45, 7) is 27.6. The fraction of sp³-hybridized carbons (Fsp3) is 0.571. The zero-order chi connectivity index (χ0) is 24.8. The molecule has 0 aromatic carbocycles. The van der Waals surface area contributed by atoms with Crippen molar-refractivity contribution in [3.05, 3.63) is 22.3 Å². The highest BCUT2D eigenvalue weighted by Gasteiger charge is 2.18. The van der Waals surface area contributed by atoms with Gasteiger partial charge in [0.25, 0.3) is 0 Å². The Bertz CT molecular complexity index is 846. The van der Waals surface area contributed by atoms with E-state index in [9.17, 15) is 0 Å². The van der Waals surface area contributed by atoms with E-state index in [1.54, 1.807) is 0 Å². The van der Waals surface area contributed by atoms with Crippen molar-refractivity contribution in [2.24, 2.45) is 0 Å². The number of rotatable bonds is 0. The minimum Gasteiger partial charge on any atom is -0.126 e. The lowest BCUT2D eigenvalue weighted by Gasteiger charge is -2.19. The summed E-state index contributed by atoms with van der Waals surface area (Å²) >= 11 is 0.